The average molecular weight is 157 g/mol. The molecule has 0 aromatic carbocycles. The van der Waals surface area contributed by atoms with Gasteiger partial charge in [0.05, 0.1) is 11.7 Å². The highest BCUT2D eigenvalue weighted by Gasteiger charge is 1.99. The minimum Gasteiger partial charge on any atom is -0.285 e. The van der Waals surface area contributed by atoms with E-state index in [2.05, 4.69) is 9.97 Å². The van der Waals surface area contributed by atoms with Crippen LogP contribution in [0.15, 0.2) is 30.7 Å². The number of nitrogens with zero attached hydrogens (tertiary/aromatic N) is 2. The molecule has 57 valence electrons. The molecule has 0 aliphatic rings. The van der Waals surface area contributed by atoms with E-state index in [1.165, 1.54) is 0 Å². The second-order valence-electron chi connectivity index (χ2n) is 2.35. The van der Waals surface area contributed by atoms with E-state index in [0.29, 0.717) is 5.56 Å². The zero-order valence-corrected chi connectivity index (χ0v) is 6.19. The van der Waals surface area contributed by atoms with Crippen LogP contribution in [0.5, 0.6) is 0 Å². The number of rotatable bonds is 1. The largest absolute Gasteiger partial charge is 0.285 e. The summed E-state index contributed by atoms with van der Waals surface area (Å²) in [4.78, 5) is 18.4. The van der Waals surface area contributed by atoms with E-state index in [4.69, 9.17) is 0 Å². The van der Waals surface area contributed by atoms with Crippen LogP contribution >= 0.6 is 0 Å². The first kappa shape index (κ1) is 6.91. The normalized spacial score (nSPS) is 10.0. The Labute approximate surface area is 69.1 Å². The lowest BCUT2D eigenvalue weighted by molar-refractivity contribution is 0.563. The van der Waals surface area contributed by atoms with E-state index >= 15 is 0 Å². The number of hydrogen-bond donors (Lipinski definition) is 0. The van der Waals surface area contributed by atoms with Crippen LogP contribution in [-0.2, 0) is 4.79 Å². The quantitative estimate of drug-likeness (QED) is 0.622. The molecular formula is C9H5N2O. The second kappa shape index (κ2) is 2.70. The Morgan fingerprint density at radius 1 is 1.25 bits per heavy atom. The fourth-order valence-electron chi connectivity index (χ4n) is 1.09. The Bertz CT molecular complexity index is 420. The first-order chi connectivity index (χ1) is 5.92. The fourth-order valence-corrected chi connectivity index (χ4v) is 1.09. The van der Waals surface area contributed by atoms with Crippen molar-refractivity contribution in [3.8, 4) is 0 Å². The van der Waals surface area contributed by atoms with Gasteiger partial charge in [0.2, 0.25) is 6.29 Å². The predicted molar refractivity (Wildman–Crippen MR) is 44.3 cm³/mol. The predicted octanol–water partition coefficient (Wildman–Crippen LogP) is 1.09. The van der Waals surface area contributed by atoms with E-state index in [1.54, 1.807) is 30.7 Å². The van der Waals surface area contributed by atoms with Crippen molar-refractivity contribution in [1.29, 1.82) is 0 Å². The third kappa shape index (κ3) is 0.955. The van der Waals surface area contributed by atoms with Crippen LogP contribution in [0.3, 0.4) is 0 Å². The molecule has 0 amide bonds. The van der Waals surface area contributed by atoms with Gasteiger partial charge < -0.3 is 0 Å². The van der Waals surface area contributed by atoms with Crippen molar-refractivity contribution in [2.45, 2.75) is 0 Å². The number of fused-ring (bicyclic) bond motifs is 1. The average Bonchev–Trinajstić information content (AvgIpc) is 2.17. The minimum atomic E-state index is 0.530. The first-order valence-electron chi connectivity index (χ1n) is 3.49. The highest BCUT2D eigenvalue weighted by molar-refractivity contribution is 5.95. The van der Waals surface area contributed by atoms with Crippen LogP contribution in [0.4, 0.5) is 0 Å². The summed E-state index contributed by atoms with van der Waals surface area (Å²) in [6, 6.07) is 3.39. The van der Waals surface area contributed by atoms with Crippen LogP contribution in [-0.4, -0.2) is 16.3 Å². The molecule has 0 atom stereocenters. The lowest BCUT2D eigenvalue weighted by Crippen LogP contribution is -1.86. The molecule has 0 saturated carbocycles. The smallest absolute Gasteiger partial charge is 0.234 e. The third-order valence-corrected chi connectivity index (χ3v) is 1.65. The molecule has 0 bridgehead atoms. The maximum Gasteiger partial charge on any atom is 0.234 e. The monoisotopic (exact) mass is 157 g/mol. The molecule has 0 aliphatic heterocycles. The van der Waals surface area contributed by atoms with Gasteiger partial charge in [0.15, 0.2) is 0 Å². The molecule has 0 fully saturated rings. The number of hydrogen-bond acceptors (Lipinski definition) is 3. The lowest BCUT2D eigenvalue weighted by atomic mass is 10.1. The maximum absolute atomic E-state index is 10.4. The molecular weight excluding hydrogens is 152 g/mol. The van der Waals surface area contributed by atoms with Crippen LogP contribution in [0.25, 0.3) is 10.9 Å². The van der Waals surface area contributed by atoms with Crippen molar-refractivity contribution in [3.63, 3.8) is 0 Å². The number of aromatic nitrogens is 2. The van der Waals surface area contributed by atoms with Crippen molar-refractivity contribution >= 4 is 17.2 Å². The summed E-state index contributed by atoms with van der Waals surface area (Å²) in [6.45, 7) is 0. The van der Waals surface area contributed by atoms with Crippen LogP contribution in [0.2, 0.25) is 0 Å². The van der Waals surface area contributed by atoms with Crippen molar-refractivity contribution < 1.29 is 4.79 Å². The van der Waals surface area contributed by atoms with Gasteiger partial charge in [-0.1, -0.05) is 0 Å². The third-order valence-electron chi connectivity index (χ3n) is 1.65. The van der Waals surface area contributed by atoms with Crippen LogP contribution < -0.4 is 0 Å². The summed E-state index contributed by atoms with van der Waals surface area (Å²) in [6.07, 6.45) is 6.68. The van der Waals surface area contributed by atoms with Gasteiger partial charge in [-0.15, -0.1) is 0 Å². The van der Waals surface area contributed by atoms with Crippen molar-refractivity contribution in [3.05, 3.63) is 36.3 Å². The minimum absolute atomic E-state index is 0.530. The molecule has 0 saturated heterocycles. The lowest BCUT2D eigenvalue weighted by Gasteiger charge is -1.95. The van der Waals surface area contributed by atoms with Crippen molar-refractivity contribution in [2.24, 2.45) is 0 Å². The Morgan fingerprint density at radius 3 is 3.00 bits per heavy atom. The van der Waals surface area contributed by atoms with Crippen LogP contribution in [0.1, 0.15) is 5.56 Å². The van der Waals surface area contributed by atoms with E-state index in [-0.39, 0.29) is 0 Å². The van der Waals surface area contributed by atoms with Crippen molar-refractivity contribution in [2.75, 3.05) is 0 Å². The molecule has 3 heteroatoms. The Kier molecular flexibility index (Phi) is 1.55. The molecule has 2 aromatic heterocycles. The number of carbonyl (C=O) groups excluding carboxylic acids is 1. The molecule has 0 aliphatic carbocycles. The fraction of sp³-hybridized carbons (Fsp3) is 0. The summed E-state index contributed by atoms with van der Waals surface area (Å²) in [7, 11) is 0. The standard InChI is InChI=1S/C9H5N2O/c12-6-7-1-4-11-9-5-10-3-2-8(7)9/h1-5H. The van der Waals surface area contributed by atoms with Crippen LogP contribution in [0, 0.1) is 0 Å². The van der Waals surface area contributed by atoms with Gasteiger partial charge in [0.25, 0.3) is 0 Å². The molecule has 2 rings (SSSR count). The highest BCUT2D eigenvalue weighted by atomic mass is 16.1. The summed E-state index contributed by atoms with van der Waals surface area (Å²) >= 11 is 0. The van der Waals surface area contributed by atoms with Gasteiger partial charge in [-0.3, -0.25) is 14.8 Å². The van der Waals surface area contributed by atoms with Gasteiger partial charge in [-0.2, -0.15) is 0 Å². The summed E-state index contributed by atoms with van der Waals surface area (Å²) in [5.41, 5.74) is 1.25. The zero-order chi connectivity index (χ0) is 8.39. The zero-order valence-electron chi connectivity index (χ0n) is 6.19. The molecule has 0 N–H and O–H groups in total. The summed E-state index contributed by atoms with van der Waals surface area (Å²) in [5.74, 6) is 0. The number of pyridine rings is 2. The van der Waals surface area contributed by atoms with Gasteiger partial charge in [0, 0.05) is 23.3 Å². The SMILES string of the molecule is O=[C]c1ccnc2cnccc12. The Morgan fingerprint density at radius 2 is 2.17 bits per heavy atom. The Balaban J connectivity index is 2.88. The van der Waals surface area contributed by atoms with E-state index < -0.39 is 0 Å². The molecule has 1 radical (unpaired) electrons. The van der Waals surface area contributed by atoms with Gasteiger partial charge in [0.1, 0.15) is 0 Å². The van der Waals surface area contributed by atoms with Crippen molar-refractivity contribution in [1.82, 2.24) is 9.97 Å². The summed E-state index contributed by atoms with van der Waals surface area (Å²) in [5, 5.41) is 0.794. The van der Waals surface area contributed by atoms with E-state index in [1.807, 2.05) is 6.29 Å². The molecule has 2 heterocycles. The molecule has 0 spiro atoms. The van der Waals surface area contributed by atoms with E-state index in [9.17, 15) is 4.79 Å². The first-order valence-corrected chi connectivity index (χ1v) is 3.49. The van der Waals surface area contributed by atoms with Gasteiger partial charge in [-0.05, 0) is 12.1 Å². The molecule has 0 unspecified atom stereocenters. The van der Waals surface area contributed by atoms with Gasteiger partial charge in [-0.25, -0.2) is 0 Å². The Hall–Kier alpha value is -1.77. The molecule has 12 heavy (non-hydrogen) atoms. The molecule has 2 aromatic rings. The van der Waals surface area contributed by atoms with E-state index in [0.717, 1.165) is 10.9 Å². The summed E-state index contributed by atoms with van der Waals surface area (Å²) < 4.78 is 0. The second-order valence-corrected chi connectivity index (χ2v) is 2.35. The molecule has 3 nitrogen and oxygen atoms in total. The van der Waals surface area contributed by atoms with Gasteiger partial charge >= 0.3 is 0 Å². The highest BCUT2D eigenvalue weighted by Crippen LogP contribution is 2.12. The maximum atomic E-state index is 10.4. The topological polar surface area (TPSA) is 42.9 Å².